The van der Waals surface area contributed by atoms with Gasteiger partial charge in [-0.3, -0.25) is 0 Å². The van der Waals surface area contributed by atoms with E-state index in [2.05, 4.69) is 20.1 Å². The molecule has 116 valence electrons. The fraction of sp³-hybridized carbons (Fsp3) is 0.571. The lowest BCUT2D eigenvalue weighted by molar-refractivity contribution is -0.186. The molecule has 0 unspecified atom stereocenters. The second-order valence-electron chi connectivity index (χ2n) is 5.48. The zero-order valence-electron chi connectivity index (χ0n) is 12.1. The predicted molar refractivity (Wildman–Crippen MR) is 74.5 cm³/mol. The smallest absolute Gasteiger partial charge is 0.218 e. The monoisotopic (exact) mass is 303 g/mol. The number of nitrogens with zero attached hydrogens (tertiary/aromatic N) is 5. The highest BCUT2D eigenvalue weighted by molar-refractivity contribution is 5.25. The third-order valence-corrected chi connectivity index (χ3v) is 4.08. The van der Waals surface area contributed by atoms with Crippen LogP contribution in [0.1, 0.15) is 25.7 Å². The van der Waals surface area contributed by atoms with Crippen LogP contribution in [0.3, 0.4) is 0 Å². The minimum atomic E-state index is -0.364. The van der Waals surface area contributed by atoms with Crippen LogP contribution in [0.25, 0.3) is 5.82 Å². The third-order valence-electron chi connectivity index (χ3n) is 4.08. The molecule has 0 bridgehead atoms. The van der Waals surface area contributed by atoms with Crippen LogP contribution in [0.2, 0.25) is 0 Å². The molecule has 1 aliphatic heterocycles. The summed E-state index contributed by atoms with van der Waals surface area (Å²) in [4.78, 5) is 12.2. The van der Waals surface area contributed by atoms with E-state index in [1.165, 1.54) is 12.7 Å². The lowest BCUT2D eigenvalue weighted by Gasteiger charge is -2.35. The standard InChI is InChI=1S/C14H17N5O3/c1-3-14(20-5-6-21-14)4-2-11(1)22-13-7-12(16-9-17-13)19-10-15-8-18-19/h7-11H,1-6H2. The van der Waals surface area contributed by atoms with Crippen LogP contribution in [-0.4, -0.2) is 49.8 Å². The van der Waals surface area contributed by atoms with Crippen LogP contribution in [-0.2, 0) is 9.47 Å². The van der Waals surface area contributed by atoms with E-state index in [1.54, 1.807) is 17.1 Å². The van der Waals surface area contributed by atoms with E-state index in [9.17, 15) is 0 Å². The number of hydrogen-bond acceptors (Lipinski definition) is 7. The van der Waals surface area contributed by atoms with E-state index < -0.39 is 0 Å². The van der Waals surface area contributed by atoms with Gasteiger partial charge >= 0.3 is 0 Å². The number of rotatable bonds is 3. The van der Waals surface area contributed by atoms with Crippen molar-refractivity contribution in [3.63, 3.8) is 0 Å². The Balaban J connectivity index is 1.41. The largest absolute Gasteiger partial charge is 0.474 e. The Morgan fingerprint density at radius 2 is 1.95 bits per heavy atom. The summed E-state index contributed by atoms with van der Waals surface area (Å²) in [7, 11) is 0. The van der Waals surface area contributed by atoms with Crippen molar-refractivity contribution in [2.45, 2.75) is 37.6 Å². The van der Waals surface area contributed by atoms with Gasteiger partial charge < -0.3 is 14.2 Å². The Morgan fingerprint density at radius 1 is 1.14 bits per heavy atom. The van der Waals surface area contributed by atoms with E-state index in [4.69, 9.17) is 14.2 Å². The van der Waals surface area contributed by atoms with E-state index in [1.807, 2.05) is 0 Å². The van der Waals surface area contributed by atoms with E-state index in [-0.39, 0.29) is 11.9 Å². The highest BCUT2D eigenvalue weighted by Crippen LogP contribution is 2.36. The molecular weight excluding hydrogens is 286 g/mol. The van der Waals surface area contributed by atoms with Crippen LogP contribution >= 0.6 is 0 Å². The highest BCUT2D eigenvalue weighted by atomic mass is 16.7. The fourth-order valence-corrected chi connectivity index (χ4v) is 2.95. The van der Waals surface area contributed by atoms with Crippen molar-refractivity contribution < 1.29 is 14.2 Å². The summed E-state index contributed by atoms with van der Waals surface area (Å²) >= 11 is 0. The van der Waals surface area contributed by atoms with Gasteiger partial charge in [-0.15, -0.1) is 0 Å². The molecule has 0 amide bonds. The summed E-state index contributed by atoms with van der Waals surface area (Å²) < 4.78 is 19.0. The minimum absolute atomic E-state index is 0.122. The van der Waals surface area contributed by atoms with Gasteiger partial charge in [0.25, 0.3) is 0 Å². The van der Waals surface area contributed by atoms with Crippen molar-refractivity contribution in [3.8, 4) is 11.7 Å². The predicted octanol–water partition coefficient (Wildman–Crippen LogP) is 1.12. The van der Waals surface area contributed by atoms with Crippen LogP contribution in [0.4, 0.5) is 0 Å². The van der Waals surface area contributed by atoms with Gasteiger partial charge in [0.2, 0.25) is 5.88 Å². The zero-order chi connectivity index (χ0) is 14.8. The molecule has 8 heteroatoms. The molecule has 2 aromatic rings. The Kier molecular flexibility index (Phi) is 3.47. The first-order valence-corrected chi connectivity index (χ1v) is 7.45. The maximum absolute atomic E-state index is 5.97. The van der Waals surface area contributed by atoms with Crippen molar-refractivity contribution in [1.82, 2.24) is 24.7 Å². The normalized spacial score (nSPS) is 21.3. The van der Waals surface area contributed by atoms with Crippen LogP contribution < -0.4 is 4.74 Å². The molecular formula is C14H17N5O3. The van der Waals surface area contributed by atoms with Gasteiger partial charge in [0.1, 0.15) is 25.1 Å². The second kappa shape index (κ2) is 5.62. The van der Waals surface area contributed by atoms with Crippen molar-refractivity contribution in [2.75, 3.05) is 13.2 Å². The summed E-state index contributed by atoms with van der Waals surface area (Å²) in [6, 6.07) is 1.77. The summed E-state index contributed by atoms with van der Waals surface area (Å²) in [5.74, 6) is 0.823. The SMILES string of the molecule is c1nc(OC2CCC3(CC2)OCCO3)cc(-n2cncn2)n1. The van der Waals surface area contributed by atoms with Crippen molar-refractivity contribution in [1.29, 1.82) is 0 Å². The Labute approximate surface area is 127 Å². The molecule has 0 N–H and O–H groups in total. The fourth-order valence-electron chi connectivity index (χ4n) is 2.95. The summed E-state index contributed by atoms with van der Waals surface area (Å²) in [6.07, 6.45) is 8.15. The molecule has 2 aliphatic rings. The molecule has 0 atom stereocenters. The molecule has 2 fully saturated rings. The summed E-state index contributed by atoms with van der Waals surface area (Å²) in [5.41, 5.74) is 0. The first kappa shape index (κ1) is 13.6. The Hall–Kier alpha value is -2.06. The zero-order valence-corrected chi connectivity index (χ0v) is 12.1. The number of ether oxygens (including phenoxy) is 3. The molecule has 3 heterocycles. The minimum Gasteiger partial charge on any atom is -0.474 e. The van der Waals surface area contributed by atoms with Gasteiger partial charge in [-0.25, -0.2) is 19.6 Å². The van der Waals surface area contributed by atoms with E-state index >= 15 is 0 Å². The molecule has 1 spiro atoms. The van der Waals surface area contributed by atoms with E-state index in [0.717, 1.165) is 25.7 Å². The van der Waals surface area contributed by atoms with Gasteiger partial charge in [-0.1, -0.05) is 0 Å². The lowest BCUT2D eigenvalue weighted by Crippen LogP contribution is -2.38. The average molecular weight is 303 g/mol. The van der Waals surface area contributed by atoms with Crippen molar-refractivity contribution >= 4 is 0 Å². The summed E-state index contributed by atoms with van der Waals surface area (Å²) in [6.45, 7) is 1.39. The van der Waals surface area contributed by atoms with Gasteiger partial charge in [-0.2, -0.15) is 5.10 Å². The van der Waals surface area contributed by atoms with Gasteiger partial charge in [0.05, 0.1) is 13.2 Å². The van der Waals surface area contributed by atoms with Gasteiger partial charge in [-0.05, 0) is 12.8 Å². The molecule has 8 nitrogen and oxygen atoms in total. The molecule has 22 heavy (non-hydrogen) atoms. The van der Waals surface area contributed by atoms with Gasteiger partial charge in [0, 0.05) is 18.9 Å². The molecule has 1 saturated carbocycles. The molecule has 0 radical (unpaired) electrons. The Bertz CT molecular complexity index is 617. The average Bonchev–Trinajstić information content (AvgIpc) is 3.23. The summed E-state index contributed by atoms with van der Waals surface area (Å²) in [5, 5.41) is 4.05. The quantitative estimate of drug-likeness (QED) is 0.840. The molecule has 4 rings (SSSR count). The Morgan fingerprint density at radius 3 is 2.68 bits per heavy atom. The lowest BCUT2D eigenvalue weighted by atomic mass is 9.92. The van der Waals surface area contributed by atoms with Gasteiger partial charge in [0.15, 0.2) is 11.6 Å². The maximum Gasteiger partial charge on any atom is 0.218 e. The van der Waals surface area contributed by atoms with Crippen molar-refractivity contribution in [2.24, 2.45) is 0 Å². The molecule has 2 aromatic heterocycles. The van der Waals surface area contributed by atoms with Crippen LogP contribution in [0, 0.1) is 0 Å². The molecule has 1 saturated heterocycles. The molecule has 0 aromatic carbocycles. The molecule has 1 aliphatic carbocycles. The topological polar surface area (TPSA) is 84.2 Å². The number of aromatic nitrogens is 5. The third kappa shape index (κ3) is 2.67. The first-order valence-electron chi connectivity index (χ1n) is 7.45. The highest BCUT2D eigenvalue weighted by Gasteiger charge is 2.40. The van der Waals surface area contributed by atoms with Crippen LogP contribution in [0.15, 0.2) is 25.0 Å². The first-order chi connectivity index (χ1) is 10.8. The van der Waals surface area contributed by atoms with Crippen LogP contribution in [0.5, 0.6) is 5.88 Å². The van der Waals surface area contributed by atoms with Crippen molar-refractivity contribution in [3.05, 3.63) is 25.0 Å². The maximum atomic E-state index is 5.97. The second-order valence-corrected chi connectivity index (χ2v) is 5.48. The van der Waals surface area contributed by atoms with E-state index in [0.29, 0.717) is 24.9 Å². The number of hydrogen-bond donors (Lipinski definition) is 0.